The number of hydrogen-bond donors (Lipinski definition) is 2. The molecule has 3 N–H and O–H groups in total. The maximum Gasteiger partial charge on any atom is 0.238 e. The van der Waals surface area contributed by atoms with E-state index in [1.54, 1.807) is 6.20 Å². The fourth-order valence-electron chi connectivity index (χ4n) is 2.24. The third kappa shape index (κ3) is 4.18. The first-order valence-electron chi connectivity index (χ1n) is 6.96. The molecule has 0 atom stereocenters. The summed E-state index contributed by atoms with van der Waals surface area (Å²) in [7, 11) is 3.86. The van der Waals surface area contributed by atoms with Crippen molar-refractivity contribution >= 4 is 17.4 Å². The molecule has 0 aliphatic carbocycles. The van der Waals surface area contributed by atoms with E-state index in [0.717, 1.165) is 37.4 Å². The summed E-state index contributed by atoms with van der Waals surface area (Å²) >= 11 is 0. The molecule has 6 heteroatoms. The summed E-state index contributed by atoms with van der Waals surface area (Å²) in [6.07, 6.45) is 3.61. The quantitative estimate of drug-likeness (QED) is 0.839. The molecule has 1 aromatic heterocycles. The van der Waals surface area contributed by atoms with Gasteiger partial charge in [-0.1, -0.05) is 0 Å². The number of likely N-dealkylation sites (tertiary alicyclic amines) is 1. The number of carbonyl (C=O) groups is 1. The van der Waals surface area contributed by atoms with E-state index in [2.05, 4.69) is 15.2 Å². The van der Waals surface area contributed by atoms with Gasteiger partial charge in [0.1, 0.15) is 5.82 Å². The second-order valence-corrected chi connectivity index (χ2v) is 5.46. The Labute approximate surface area is 120 Å². The summed E-state index contributed by atoms with van der Waals surface area (Å²) in [6, 6.07) is 4.04. The van der Waals surface area contributed by atoms with Crippen molar-refractivity contribution in [2.45, 2.75) is 18.9 Å². The van der Waals surface area contributed by atoms with Crippen molar-refractivity contribution < 1.29 is 4.79 Å². The van der Waals surface area contributed by atoms with Gasteiger partial charge in [0.2, 0.25) is 5.91 Å². The molecule has 1 amide bonds. The zero-order chi connectivity index (χ0) is 14.5. The molecule has 2 heterocycles. The predicted molar refractivity (Wildman–Crippen MR) is 80.8 cm³/mol. The van der Waals surface area contributed by atoms with Gasteiger partial charge in [0.05, 0.1) is 18.4 Å². The average Bonchev–Trinajstić information content (AvgIpc) is 2.42. The molecule has 1 saturated heterocycles. The molecule has 2 rings (SSSR count). The standard InChI is InChI=1S/C14H23N5O/c1-18(2)13-4-3-12(9-16-13)17-14(20)10-19-7-5-11(15)6-8-19/h3-4,9,11H,5-8,10,15H2,1-2H3,(H,17,20). The van der Waals surface area contributed by atoms with E-state index in [4.69, 9.17) is 5.73 Å². The summed E-state index contributed by atoms with van der Waals surface area (Å²) in [6.45, 7) is 2.21. The molecule has 0 radical (unpaired) electrons. The molecule has 0 aromatic carbocycles. The number of carbonyl (C=O) groups excluding carboxylic acids is 1. The van der Waals surface area contributed by atoms with Crippen molar-refractivity contribution in [3.05, 3.63) is 18.3 Å². The fourth-order valence-corrected chi connectivity index (χ4v) is 2.24. The summed E-state index contributed by atoms with van der Waals surface area (Å²) in [5.41, 5.74) is 6.58. The van der Waals surface area contributed by atoms with Crippen molar-refractivity contribution in [2.75, 3.05) is 43.9 Å². The maximum absolute atomic E-state index is 12.0. The number of rotatable bonds is 4. The second kappa shape index (κ2) is 6.67. The lowest BCUT2D eigenvalue weighted by atomic mass is 10.1. The zero-order valence-electron chi connectivity index (χ0n) is 12.2. The van der Waals surface area contributed by atoms with Gasteiger partial charge in [-0.2, -0.15) is 0 Å². The third-order valence-corrected chi connectivity index (χ3v) is 3.49. The molecule has 1 fully saturated rings. The van der Waals surface area contributed by atoms with Gasteiger partial charge in [-0.15, -0.1) is 0 Å². The summed E-state index contributed by atoms with van der Waals surface area (Å²) in [5, 5.41) is 2.87. The summed E-state index contributed by atoms with van der Waals surface area (Å²) < 4.78 is 0. The highest BCUT2D eigenvalue weighted by Crippen LogP contribution is 2.12. The van der Waals surface area contributed by atoms with Gasteiger partial charge in [-0.25, -0.2) is 4.98 Å². The third-order valence-electron chi connectivity index (χ3n) is 3.49. The van der Waals surface area contributed by atoms with Crippen LogP contribution in [-0.2, 0) is 4.79 Å². The van der Waals surface area contributed by atoms with Gasteiger partial charge in [-0.3, -0.25) is 9.69 Å². The molecular formula is C14H23N5O. The number of nitrogens with zero attached hydrogens (tertiary/aromatic N) is 3. The van der Waals surface area contributed by atoms with Crippen molar-refractivity contribution in [3.8, 4) is 0 Å². The van der Waals surface area contributed by atoms with Crippen molar-refractivity contribution in [3.63, 3.8) is 0 Å². The molecule has 1 aliphatic rings. The van der Waals surface area contributed by atoms with Crippen LogP contribution in [0.25, 0.3) is 0 Å². The zero-order valence-corrected chi connectivity index (χ0v) is 12.2. The molecule has 20 heavy (non-hydrogen) atoms. The summed E-state index contributed by atoms with van der Waals surface area (Å²) in [5.74, 6) is 0.868. The van der Waals surface area contributed by atoms with Crippen LogP contribution in [0.15, 0.2) is 18.3 Å². The lowest BCUT2D eigenvalue weighted by Gasteiger charge is -2.29. The molecular weight excluding hydrogens is 254 g/mol. The number of anilines is 2. The minimum atomic E-state index is -0.000116. The molecule has 1 aromatic rings. The van der Waals surface area contributed by atoms with Crippen LogP contribution in [0.1, 0.15) is 12.8 Å². The first kappa shape index (κ1) is 14.7. The van der Waals surface area contributed by atoms with E-state index in [9.17, 15) is 4.79 Å². The van der Waals surface area contributed by atoms with E-state index in [-0.39, 0.29) is 11.9 Å². The molecule has 6 nitrogen and oxygen atoms in total. The minimum Gasteiger partial charge on any atom is -0.363 e. The molecule has 0 unspecified atom stereocenters. The Morgan fingerprint density at radius 3 is 2.70 bits per heavy atom. The Morgan fingerprint density at radius 2 is 2.15 bits per heavy atom. The van der Waals surface area contributed by atoms with Gasteiger partial charge in [0, 0.05) is 33.2 Å². The van der Waals surface area contributed by atoms with Gasteiger partial charge >= 0.3 is 0 Å². The minimum absolute atomic E-state index is 0.000116. The molecule has 110 valence electrons. The van der Waals surface area contributed by atoms with Crippen LogP contribution in [0.3, 0.4) is 0 Å². The monoisotopic (exact) mass is 277 g/mol. The van der Waals surface area contributed by atoms with E-state index in [1.807, 2.05) is 31.1 Å². The van der Waals surface area contributed by atoms with Crippen molar-refractivity contribution in [1.29, 1.82) is 0 Å². The van der Waals surface area contributed by atoms with Gasteiger partial charge in [0.25, 0.3) is 0 Å². The molecule has 0 bridgehead atoms. The van der Waals surface area contributed by atoms with Crippen LogP contribution in [0.2, 0.25) is 0 Å². The second-order valence-electron chi connectivity index (χ2n) is 5.46. The Bertz CT molecular complexity index is 437. The summed E-state index contributed by atoms with van der Waals surface area (Å²) in [4.78, 5) is 20.3. The van der Waals surface area contributed by atoms with Crippen LogP contribution < -0.4 is 16.0 Å². The topological polar surface area (TPSA) is 74.5 Å². The highest BCUT2D eigenvalue weighted by Gasteiger charge is 2.18. The van der Waals surface area contributed by atoms with Crippen LogP contribution >= 0.6 is 0 Å². The first-order chi connectivity index (χ1) is 9.54. The Kier molecular flexibility index (Phi) is 4.92. The number of nitrogens with one attached hydrogen (secondary N) is 1. The molecule has 0 spiro atoms. The van der Waals surface area contributed by atoms with Crippen LogP contribution in [0.5, 0.6) is 0 Å². The van der Waals surface area contributed by atoms with Gasteiger partial charge in [0.15, 0.2) is 0 Å². The first-order valence-corrected chi connectivity index (χ1v) is 6.96. The number of hydrogen-bond acceptors (Lipinski definition) is 5. The van der Waals surface area contributed by atoms with E-state index < -0.39 is 0 Å². The fraction of sp³-hybridized carbons (Fsp3) is 0.571. The molecule has 0 saturated carbocycles. The Hall–Kier alpha value is -1.66. The largest absolute Gasteiger partial charge is 0.363 e. The average molecular weight is 277 g/mol. The lowest BCUT2D eigenvalue weighted by molar-refractivity contribution is -0.117. The number of aromatic nitrogens is 1. The SMILES string of the molecule is CN(C)c1ccc(NC(=O)CN2CCC(N)CC2)cn1. The number of nitrogens with two attached hydrogens (primary N) is 1. The predicted octanol–water partition coefficient (Wildman–Crippen LogP) is 0.509. The Morgan fingerprint density at radius 1 is 1.45 bits per heavy atom. The highest BCUT2D eigenvalue weighted by atomic mass is 16.2. The van der Waals surface area contributed by atoms with Gasteiger partial charge in [-0.05, 0) is 25.0 Å². The van der Waals surface area contributed by atoms with E-state index >= 15 is 0 Å². The van der Waals surface area contributed by atoms with Crippen LogP contribution in [0, 0.1) is 0 Å². The number of pyridine rings is 1. The van der Waals surface area contributed by atoms with E-state index in [0.29, 0.717) is 6.54 Å². The smallest absolute Gasteiger partial charge is 0.238 e. The van der Waals surface area contributed by atoms with Crippen LogP contribution in [-0.4, -0.2) is 55.6 Å². The number of amides is 1. The van der Waals surface area contributed by atoms with E-state index in [1.165, 1.54) is 0 Å². The van der Waals surface area contributed by atoms with Gasteiger partial charge < -0.3 is 16.0 Å². The normalized spacial score (nSPS) is 16.9. The van der Waals surface area contributed by atoms with Crippen LogP contribution in [0.4, 0.5) is 11.5 Å². The highest BCUT2D eigenvalue weighted by molar-refractivity contribution is 5.92. The van der Waals surface area contributed by atoms with Crippen molar-refractivity contribution in [2.24, 2.45) is 5.73 Å². The Balaban J connectivity index is 1.82. The molecule has 1 aliphatic heterocycles. The maximum atomic E-state index is 12.0. The lowest BCUT2D eigenvalue weighted by Crippen LogP contribution is -2.43. The number of piperidine rings is 1. The van der Waals surface area contributed by atoms with Crippen molar-refractivity contribution in [1.82, 2.24) is 9.88 Å².